The second kappa shape index (κ2) is 4.21. The quantitative estimate of drug-likeness (QED) is 0.621. The Morgan fingerprint density at radius 1 is 1.67 bits per heavy atom. The van der Waals surface area contributed by atoms with E-state index < -0.39 is 11.6 Å². The van der Waals surface area contributed by atoms with Gasteiger partial charge in [0.1, 0.15) is 5.60 Å². The van der Waals surface area contributed by atoms with Gasteiger partial charge in [0.15, 0.2) is 0 Å². The van der Waals surface area contributed by atoms with Gasteiger partial charge in [-0.2, -0.15) is 0 Å². The normalized spacial score (nSPS) is 20.7. The average molecular weight is 210 g/mol. The number of carbonyl (C=O) groups excluding carboxylic acids is 1. The van der Waals surface area contributed by atoms with Gasteiger partial charge >= 0.3 is 0 Å². The second-order valence-electron chi connectivity index (χ2n) is 4.47. The van der Waals surface area contributed by atoms with E-state index in [1.165, 1.54) is 0 Å². The molecule has 1 amide bonds. The van der Waals surface area contributed by atoms with Crippen molar-refractivity contribution in [2.45, 2.75) is 31.9 Å². The third-order valence-electron chi connectivity index (χ3n) is 2.97. The van der Waals surface area contributed by atoms with Gasteiger partial charge < -0.3 is 15.7 Å². The molecule has 1 rings (SSSR count). The van der Waals surface area contributed by atoms with Gasteiger partial charge in [-0.1, -0.05) is 13.8 Å². The van der Waals surface area contributed by atoms with Crippen molar-refractivity contribution in [1.82, 2.24) is 4.90 Å². The molecule has 0 bridgehead atoms. The number of β-amino-alcohol motifs (C(OH)–C–C–N with tert-alkyl or cyclic N) is 1. The highest BCUT2D eigenvalue weighted by Crippen LogP contribution is 2.28. The van der Waals surface area contributed by atoms with Gasteiger partial charge in [0.2, 0.25) is 5.91 Å². The number of carbonyl (C=O) groups is 1. The largest absolute Gasteiger partial charge is 0.386 e. The highest BCUT2D eigenvalue weighted by molar-refractivity contribution is 5.83. The number of terminal acetylenes is 1. The minimum Gasteiger partial charge on any atom is -0.386 e. The van der Waals surface area contributed by atoms with Gasteiger partial charge in [-0.05, 0) is 5.92 Å². The Morgan fingerprint density at radius 3 is 2.60 bits per heavy atom. The van der Waals surface area contributed by atoms with Gasteiger partial charge in [0.05, 0.1) is 19.1 Å². The van der Waals surface area contributed by atoms with Crippen LogP contribution in [0.4, 0.5) is 0 Å². The molecule has 3 N–H and O–H groups in total. The third-order valence-corrected chi connectivity index (χ3v) is 2.97. The number of rotatable bonds is 3. The van der Waals surface area contributed by atoms with Crippen molar-refractivity contribution >= 4 is 5.91 Å². The van der Waals surface area contributed by atoms with Gasteiger partial charge in [0.25, 0.3) is 0 Å². The SMILES string of the molecule is C#CCC(N)C(=O)N1CC(O)(C(C)C)C1. The van der Waals surface area contributed by atoms with E-state index in [-0.39, 0.29) is 18.2 Å². The third kappa shape index (κ3) is 2.31. The van der Waals surface area contributed by atoms with Crippen molar-refractivity contribution in [3.8, 4) is 12.3 Å². The maximum atomic E-state index is 11.6. The van der Waals surface area contributed by atoms with E-state index in [1.54, 1.807) is 4.90 Å². The lowest BCUT2D eigenvalue weighted by Crippen LogP contribution is -2.68. The molecule has 4 nitrogen and oxygen atoms in total. The molecule has 1 saturated heterocycles. The van der Waals surface area contributed by atoms with Crippen LogP contribution < -0.4 is 5.73 Å². The minimum atomic E-state index is -0.745. The summed E-state index contributed by atoms with van der Waals surface area (Å²) in [6, 6.07) is -0.633. The first kappa shape index (κ1) is 12.0. The summed E-state index contributed by atoms with van der Waals surface area (Å²) in [7, 11) is 0. The molecule has 0 aromatic heterocycles. The van der Waals surface area contributed by atoms with E-state index in [0.29, 0.717) is 13.1 Å². The fourth-order valence-corrected chi connectivity index (χ4v) is 1.58. The molecule has 1 atom stereocenters. The number of aliphatic hydroxyl groups is 1. The fourth-order valence-electron chi connectivity index (χ4n) is 1.58. The highest BCUT2D eigenvalue weighted by Gasteiger charge is 2.46. The second-order valence-corrected chi connectivity index (χ2v) is 4.47. The van der Waals surface area contributed by atoms with Crippen LogP contribution in [0.3, 0.4) is 0 Å². The Bertz CT molecular complexity index is 287. The smallest absolute Gasteiger partial charge is 0.240 e. The van der Waals surface area contributed by atoms with Crippen LogP contribution in [0, 0.1) is 18.3 Å². The topological polar surface area (TPSA) is 66.6 Å². The van der Waals surface area contributed by atoms with Crippen LogP contribution in [-0.2, 0) is 4.79 Å². The lowest BCUT2D eigenvalue weighted by atomic mass is 9.82. The van der Waals surface area contributed by atoms with Crippen molar-refractivity contribution < 1.29 is 9.90 Å². The molecule has 1 unspecified atom stereocenters. The zero-order valence-corrected chi connectivity index (χ0v) is 9.23. The molecular weight excluding hydrogens is 192 g/mol. The lowest BCUT2D eigenvalue weighted by Gasteiger charge is -2.49. The van der Waals surface area contributed by atoms with Gasteiger partial charge in [0, 0.05) is 6.42 Å². The van der Waals surface area contributed by atoms with E-state index in [0.717, 1.165) is 0 Å². The molecule has 0 aromatic rings. The standard InChI is InChI=1S/C11H18N2O2/c1-4-5-9(12)10(14)13-6-11(15,7-13)8(2)3/h1,8-9,15H,5-7,12H2,2-3H3. The van der Waals surface area contributed by atoms with Gasteiger partial charge in [-0.15, -0.1) is 12.3 Å². The molecule has 0 aromatic carbocycles. The lowest BCUT2D eigenvalue weighted by molar-refractivity contribution is -0.164. The highest BCUT2D eigenvalue weighted by atomic mass is 16.3. The fraction of sp³-hybridized carbons (Fsp3) is 0.727. The van der Waals surface area contributed by atoms with E-state index in [2.05, 4.69) is 5.92 Å². The van der Waals surface area contributed by atoms with Crippen LogP contribution in [-0.4, -0.2) is 40.6 Å². The van der Waals surface area contributed by atoms with Crippen LogP contribution in [0.5, 0.6) is 0 Å². The van der Waals surface area contributed by atoms with Gasteiger partial charge in [-0.25, -0.2) is 0 Å². The molecule has 0 spiro atoms. The van der Waals surface area contributed by atoms with Crippen molar-refractivity contribution in [2.24, 2.45) is 11.7 Å². The molecule has 1 fully saturated rings. The summed E-state index contributed by atoms with van der Waals surface area (Å²) in [5.41, 5.74) is 4.84. The van der Waals surface area contributed by atoms with Crippen molar-refractivity contribution in [2.75, 3.05) is 13.1 Å². The average Bonchev–Trinajstić information content (AvgIpc) is 2.11. The van der Waals surface area contributed by atoms with Crippen molar-refractivity contribution in [1.29, 1.82) is 0 Å². The molecule has 0 radical (unpaired) electrons. The zero-order chi connectivity index (χ0) is 11.6. The molecule has 15 heavy (non-hydrogen) atoms. The Balaban J connectivity index is 2.46. The summed E-state index contributed by atoms with van der Waals surface area (Å²) in [4.78, 5) is 13.2. The van der Waals surface area contributed by atoms with Crippen LogP contribution >= 0.6 is 0 Å². The maximum Gasteiger partial charge on any atom is 0.240 e. The molecule has 1 aliphatic rings. The van der Waals surface area contributed by atoms with E-state index in [1.807, 2.05) is 13.8 Å². The van der Waals surface area contributed by atoms with E-state index >= 15 is 0 Å². The van der Waals surface area contributed by atoms with Crippen molar-refractivity contribution in [3.05, 3.63) is 0 Å². The van der Waals surface area contributed by atoms with Gasteiger partial charge in [-0.3, -0.25) is 4.79 Å². The number of nitrogens with zero attached hydrogens (tertiary/aromatic N) is 1. The van der Waals surface area contributed by atoms with E-state index in [9.17, 15) is 9.90 Å². The summed E-state index contributed by atoms with van der Waals surface area (Å²) in [5, 5.41) is 9.94. The molecule has 84 valence electrons. The molecule has 0 saturated carbocycles. The zero-order valence-electron chi connectivity index (χ0n) is 9.23. The monoisotopic (exact) mass is 210 g/mol. The van der Waals surface area contributed by atoms with Crippen LogP contribution in [0.2, 0.25) is 0 Å². The Labute approximate surface area is 90.4 Å². The van der Waals surface area contributed by atoms with Crippen LogP contribution in [0.1, 0.15) is 20.3 Å². The molecule has 0 aliphatic carbocycles. The summed E-state index contributed by atoms with van der Waals surface area (Å²) in [6.07, 6.45) is 5.32. The maximum absolute atomic E-state index is 11.6. The Hall–Kier alpha value is -1.05. The number of hydrogen-bond acceptors (Lipinski definition) is 3. The minimum absolute atomic E-state index is 0.144. The predicted octanol–water partition coefficient (Wildman–Crippen LogP) is -0.434. The number of nitrogens with two attached hydrogens (primary N) is 1. The predicted molar refractivity (Wildman–Crippen MR) is 57.8 cm³/mol. The van der Waals surface area contributed by atoms with Crippen LogP contribution in [0.25, 0.3) is 0 Å². The number of amides is 1. The first-order valence-electron chi connectivity index (χ1n) is 5.11. The number of likely N-dealkylation sites (tertiary alicyclic amines) is 1. The van der Waals surface area contributed by atoms with Crippen LogP contribution in [0.15, 0.2) is 0 Å². The Kier molecular flexibility index (Phi) is 3.38. The number of hydrogen-bond donors (Lipinski definition) is 2. The summed E-state index contributed by atoms with van der Waals surface area (Å²) in [6.45, 7) is 4.59. The van der Waals surface area contributed by atoms with E-state index in [4.69, 9.17) is 12.2 Å². The summed E-state index contributed by atoms with van der Waals surface area (Å²) < 4.78 is 0. The molecule has 4 heteroatoms. The van der Waals surface area contributed by atoms with Crippen molar-refractivity contribution in [3.63, 3.8) is 0 Å². The summed E-state index contributed by atoms with van der Waals surface area (Å²) >= 11 is 0. The first-order valence-corrected chi connectivity index (χ1v) is 5.11. The molecular formula is C11H18N2O2. The molecule has 1 aliphatic heterocycles. The first-order chi connectivity index (χ1) is 6.90. The molecule has 1 heterocycles. The Morgan fingerprint density at radius 2 is 2.20 bits per heavy atom. The summed E-state index contributed by atoms with van der Waals surface area (Å²) in [5.74, 6) is 2.34.